The summed E-state index contributed by atoms with van der Waals surface area (Å²) >= 11 is 0. The summed E-state index contributed by atoms with van der Waals surface area (Å²) in [4.78, 5) is 0. The van der Waals surface area contributed by atoms with E-state index in [2.05, 4.69) is 0 Å². The Balaban J connectivity index is 2.99. The van der Waals surface area contributed by atoms with Gasteiger partial charge in [-0.25, -0.2) is 8.78 Å². The highest BCUT2D eigenvalue weighted by molar-refractivity contribution is 7.87. The van der Waals surface area contributed by atoms with Gasteiger partial charge in [-0.1, -0.05) is 0 Å². The molecule has 0 aliphatic carbocycles. The second-order valence-corrected chi connectivity index (χ2v) is 3.36. The SMILES string of the molecule is O=S(=O)(O)Nc1ccc(F)c(F)c1. The van der Waals surface area contributed by atoms with Crippen LogP contribution in [-0.4, -0.2) is 13.0 Å². The summed E-state index contributed by atoms with van der Waals surface area (Å²) in [6.45, 7) is 0. The fourth-order valence-electron chi connectivity index (χ4n) is 0.709. The minimum absolute atomic E-state index is 0.249. The molecule has 0 aliphatic heterocycles. The standard InChI is InChI=1S/C6H5F2NO3S/c7-5-2-1-4(3-6(5)8)9-13(10,11)12/h1-3,9H,(H,10,11,12). The average molecular weight is 209 g/mol. The molecule has 72 valence electrons. The number of halogens is 2. The summed E-state index contributed by atoms with van der Waals surface area (Å²) in [7, 11) is -4.45. The summed E-state index contributed by atoms with van der Waals surface area (Å²) in [6, 6.07) is 2.33. The Morgan fingerprint density at radius 1 is 1.23 bits per heavy atom. The van der Waals surface area contributed by atoms with E-state index in [-0.39, 0.29) is 5.69 Å². The van der Waals surface area contributed by atoms with Crippen molar-refractivity contribution in [3.8, 4) is 0 Å². The molecule has 0 amide bonds. The molecule has 0 saturated heterocycles. The average Bonchev–Trinajstić information content (AvgIpc) is 1.94. The molecule has 13 heavy (non-hydrogen) atoms. The van der Waals surface area contributed by atoms with Crippen molar-refractivity contribution in [1.82, 2.24) is 0 Å². The Labute approximate surface area is 73.1 Å². The predicted molar refractivity (Wildman–Crippen MR) is 41.5 cm³/mol. The minimum atomic E-state index is -4.45. The van der Waals surface area contributed by atoms with Gasteiger partial charge in [-0.05, 0) is 12.1 Å². The molecule has 0 heterocycles. The second-order valence-electron chi connectivity index (χ2n) is 2.21. The van der Waals surface area contributed by atoms with Crippen molar-refractivity contribution in [2.24, 2.45) is 0 Å². The van der Waals surface area contributed by atoms with Gasteiger partial charge >= 0.3 is 10.3 Å². The highest BCUT2D eigenvalue weighted by Crippen LogP contribution is 2.13. The summed E-state index contributed by atoms with van der Waals surface area (Å²) in [5, 5.41) is 0. The summed E-state index contributed by atoms with van der Waals surface area (Å²) in [6.07, 6.45) is 0. The largest absolute Gasteiger partial charge is 0.357 e. The first kappa shape index (κ1) is 9.87. The normalized spacial score (nSPS) is 11.3. The maximum absolute atomic E-state index is 12.5. The predicted octanol–water partition coefficient (Wildman–Crippen LogP) is 1.18. The molecule has 2 N–H and O–H groups in total. The van der Waals surface area contributed by atoms with Crippen LogP contribution in [0.2, 0.25) is 0 Å². The quantitative estimate of drug-likeness (QED) is 0.718. The molecule has 1 aromatic rings. The lowest BCUT2D eigenvalue weighted by Crippen LogP contribution is -2.10. The number of hydrogen-bond acceptors (Lipinski definition) is 2. The van der Waals surface area contributed by atoms with Gasteiger partial charge in [0.1, 0.15) is 0 Å². The number of rotatable bonds is 2. The lowest BCUT2D eigenvalue weighted by atomic mass is 10.3. The summed E-state index contributed by atoms with van der Waals surface area (Å²) in [5.41, 5.74) is -0.249. The van der Waals surface area contributed by atoms with Crippen molar-refractivity contribution >= 4 is 16.0 Å². The third-order valence-corrected chi connectivity index (χ3v) is 1.66. The van der Waals surface area contributed by atoms with Gasteiger partial charge in [-0.2, -0.15) is 8.42 Å². The van der Waals surface area contributed by atoms with Crippen molar-refractivity contribution in [2.45, 2.75) is 0 Å². The Morgan fingerprint density at radius 3 is 2.31 bits per heavy atom. The molecule has 0 bridgehead atoms. The Bertz CT molecular complexity index is 418. The van der Waals surface area contributed by atoms with E-state index in [1.54, 1.807) is 4.72 Å². The van der Waals surface area contributed by atoms with E-state index >= 15 is 0 Å². The second kappa shape index (κ2) is 3.27. The summed E-state index contributed by atoms with van der Waals surface area (Å²) in [5.74, 6) is -2.30. The van der Waals surface area contributed by atoms with E-state index in [4.69, 9.17) is 4.55 Å². The molecule has 1 aromatic carbocycles. The van der Waals surface area contributed by atoms with Crippen LogP contribution in [0.5, 0.6) is 0 Å². The maximum atomic E-state index is 12.5. The number of anilines is 1. The molecule has 0 saturated carbocycles. The van der Waals surface area contributed by atoms with E-state index in [1.807, 2.05) is 0 Å². The Kier molecular flexibility index (Phi) is 2.48. The van der Waals surface area contributed by atoms with Gasteiger partial charge in [0.15, 0.2) is 11.6 Å². The van der Waals surface area contributed by atoms with Gasteiger partial charge in [0.25, 0.3) is 0 Å². The maximum Gasteiger partial charge on any atom is 0.357 e. The molecule has 0 spiro atoms. The highest BCUT2D eigenvalue weighted by atomic mass is 32.2. The van der Waals surface area contributed by atoms with Crippen LogP contribution >= 0.6 is 0 Å². The zero-order chi connectivity index (χ0) is 10.1. The van der Waals surface area contributed by atoms with Gasteiger partial charge < -0.3 is 0 Å². The molecule has 4 nitrogen and oxygen atoms in total. The fraction of sp³-hybridized carbons (Fsp3) is 0. The van der Waals surface area contributed by atoms with Crippen LogP contribution in [0.4, 0.5) is 14.5 Å². The van der Waals surface area contributed by atoms with Crippen LogP contribution in [-0.2, 0) is 10.3 Å². The molecule has 1 rings (SSSR count). The van der Waals surface area contributed by atoms with Gasteiger partial charge in [-0.15, -0.1) is 0 Å². The molecule has 0 atom stereocenters. The first-order chi connectivity index (χ1) is 5.88. The van der Waals surface area contributed by atoms with E-state index in [0.717, 1.165) is 12.1 Å². The third kappa shape index (κ3) is 2.96. The van der Waals surface area contributed by atoms with Crippen LogP contribution in [0.3, 0.4) is 0 Å². The number of nitrogens with one attached hydrogen (secondary N) is 1. The third-order valence-electron chi connectivity index (χ3n) is 1.17. The van der Waals surface area contributed by atoms with Crippen molar-refractivity contribution in [3.63, 3.8) is 0 Å². The van der Waals surface area contributed by atoms with Crippen molar-refractivity contribution in [1.29, 1.82) is 0 Å². The molecule has 0 aromatic heterocycles. The molecule has 7 heteroatoms. The lowest BCUT2D eigenvalue weighted by molar-refractivity contribution is 0.489. The van der Waals surface area contributed by atoms with Gasteiger partial charge in [0, 0.05) is 6.07 Å². The van der Waals surface area contributed by atoms with Crippen LogP contribution in [0.1, 0.15) is 0 Å². The lowest BCUT2D eigenvalue weighted by Gasteiger charge is -2.01. The van der Waals surface area contributed by atoms with Crippen LogP contribution in [0, 0.1) is 11.6 Å². The monoisotopic (exact) mass is 209 g/mol. The van der Waals surface area contributed by atoms with Crippen molar-refractivity contribution < 1.29 is 21.8 Å². The van der Waals surface area contributed by atoms with Crippen LogP contribution in [0.15, 0.2) is 18.2 Å². The molecule has 0 fully saturated rings. The molecular formula is C6H5F2NO3S. The molecular weight excluding hydrogens is 204 g/mol. The van der Waals surface area contributed by atoms with E-state index in [0.29, 0.717) is 6.07 Å². The van der Waals surface area contributed by atoms with E-state index in [9.17, 15) is 17.2 Å². The van der Waals surface area contributed by atoms with E-state index in [1.165, 1.54) is 0 Å². The highest BCUT2D eigenvalue weighted by Gasteiger charge is 2.06. The topological polar surface area (TPSA) is 66.4 Å². The van der Waals surface area contributed by atoms with Crippen LogP contribution in [0.25, 0.3) is 0 Å². The fourth-order valence-corrected chi connectivity index (χ4v) is 1.13. The van der Waals surface area contributed by atoms with Gasteiger partial charge in [0.2, 0.25) is 0 Å². The zero-order valence-corrected chi connectivity index (χ0v) is 6.98. The summed E-state index contributed by atoms with van der Waals surface area (Å²) < 4.78 is 55.1. The number of hydrogen-bond donors (Lipinski definition) is 2. The van der Waals surface area contributed by atoms with Crippen molar-refractivity contribution in [2.75, 3.05) is 4.72 Å². The Hall–Kier alpha value is -1.21. The molecule has 0 aliphatic rings. The molecule has 0 unspecified atom stereocenters. The first-order valence-corrected chi connectivity index (χ1v) is 4.53. The van der Waals surface area contributed by atoms with Gasteiger partial charge in [0.05, 0.1) is 5.69 Å². The van der Waals surface area contributed by atoms with Crippen LogP contribution < -0.4 is 4.72 Å². The molecule has 0 radical (unpaired) electrons. The minimum Gasteiger partial charge on any atom is -0.269 e. The van der Waals surface area contributed by atoms with E-state index < -0.39 is 21.9 Å². The number of benzene rings is 1. The zero-order valence-electron chi connectivity index (χ0n) is 6.16. The van der Waals surface area contributed by atoms with Crippen molar-refractivity contribution in [3.05, 3.63) is 29.8 Å². The first-order valence-electron chi connectivity index (χ1n) is 3.09. The van der Waals surface area contributed by atoms with Gasteiger partial charge in [-0.3, -0.25) is 9.27 Å². The smallest absolute Gasteiger partial charge is 0.269 e. The Morgan fingerprint density at radius 2 is 1.85 bits per heavy atom.